The summed E-state index contributed by atoms with van der Waals surface area (Å²) in [5.41, 5.74) is 1.94. The van der Waals surface area contributed by atoms with E-state index in [4.69, 9.17) is 0 Å². The summed E-state index contributed by atoms with van der Waals surface area (Å²) in [7, 11) is 0. The molecular formula is C17H28S. The molecule has 0 fully saturated rings. The first-order valence-corrected chi connectivity index (χ1v) is 8.43. The van der Waals surface area contributed by atoms with E-state index in [9.17, 15) is 0 Å². The largest absolute Gasteiger partial charge is 0.130 e. The third-order valence-corrected chi connectivity index (χ3v) is 5.31. The van der Waals surface area contributed by atoms with E-state index in [-0.39, 0.29) is 0 Å². The number of rotatable bonds is 7. The molecule has 0 amide bonds. The van der Waals surface area contributed by atoms with Crippen molar-refractivity contribution in [1.82, 2.24) is 0 Å². The summed E-state index contributed by atoms with van der Waals surface area (Å²) < 4.78 is 0. The van der Waals surface area contributed by atoms with Gasteiger partial charge in [-0.2, -0.15) is 0 Å². The minimum Gasteiger partial charge on any atom is -0.130 e. The van der Waals surface area contributed by atoms with Gasteiger partial charge in [0.2, 0.25) is 0 Å². The first kappa shape index (κ1) is 15.6. The van der Waals surface area contributed by atoms with Crippen molar-refractivity contribution >= 4 is 11.8 Å². The minimum absolute atomic E-state index is 0.441. The van der Waals surface area contributed by atoms with Gasteiger partial charge in [0.15, 0.2) is 0 Å². The van der Waals surface area contributed by atoms with E-state index in [0.717, 1.165) is 0 Å². The van der Waals surface area contributed by atoms with Crippen LogP contribution in [0.4, 0.5) is 0 Å². The number of unbranched alkanes of at least 4 members (excludes halogenated alkanes) is 1. The SMILES string of the molecule is CCCCC(C)(CC)C(C)c1ccc(SC)cc1. The molecule has 0 spiro atoms. The lowest BCUT2D eigenvalue weighted by Crippen LogP contribution is -2.23. The Morgan fingerprint density at radius 2 is 1.78 bits per heavy atom. The van der Waals surface area contributed by atoms with E-state index in [1.807, 2.05) is 11.8 Å². The number of benzene rings is 1. The van der Waals surface area contributed by atoms with E-state index in [1.54, 1.807) is 0 Å². The summed E-state index contributed by atoms with van der Waals surface area (Å²) in [5, 5.41) is 0. The van der Waals surface area contributed by atoms with E-state index < -0.39 is 0 Å². The van der Waals surface area contributed by atoms with Crippen molar-refractivity contribution in [3.05, 3.63) is 29.8 Å². The van der Waals surface area contributed by atoms with Gasteiger partial charge in [-0.25, -0.2) is 0 Å². The van der Waals surface area contributed by atoms with Crippen molar-refractivity contribution in [3.8, 4) is 0 Å². The highest BCUT2D eigenvalue weighted by Crippen LogP contribution is 2.42. The predicted molar refractivity (Wildman–Crippen MR) is 84.6 cm³/mol. The third kappa shape index (κ3) is 3.78. The Balaban J connectivity index is 2.84. The van der Waals surface area contributed by atoms with Gasteiger partial charge in [0.05, 0.1) is 0 Å². The van der Waals surface area contributed by atoms with Crippen LogP contribution in [0.2, 0.25) is 0 Å². The Kier molecular flexibility index (Phi) is 6.28. The molecule has 0 aliphatic rings. The molecule has 0 heterocycles. The molecule has 0 N–H and O–H groups in total. The fourth-order valence-electron chi connectivity index (χ4n) is 2.58. The van der Waals surface area contributed by atoms with Crippen molar-refractivity contribution in [1.29, 1.82) is 0 Å². The van der Waals surface area contributed by atoms with Gasteiger partial charge in [-0.15, -0.1) is 11.8 Å². The maximum Gasteiger partial charge on any atom is 0.00693 e. The topological polar surface area (TPSA) is 0 Å². The standard InChI is InChI=1S/C17H28S/c1-6-8-13-17(4,7-2)14(3)15-9-11-16(18-5)12-10-15/h9-12,14H,6-8,13H2,1-5H3. The third-order valence-electron chi connectivity index (χ3n) is 4.57. The molecule has 0 nitrogen and oxygen atoms in total. The molecule has 1 aromatic carbocycles. The fraction of sp³-hybridized carbons (Fsp3) is 0.647. The van der Waals surface area contributed by atoms with Crippen LogP contribution in [-0.2, 0) is 0 Å². The lowest BCUT2D eigenvalue weighted by Gasteiger charge is -2.35. The van der Waals surface area contributed by atoms with Crippen LogP contribution in [-0.4, -0.2) is 6.26 Å². The van der Waals surface area contributed by atoms with E-state index in [2.05, 4.69) is 58.2 Å². The number of hydrogen-bond acceptors (Lipinski definition) is 1. The Morgan fingerprint density at radius 1 is 1.17 bits per heavy atom. The van der Waals surface area contributed by atoms with Crippen LogP contribution in [0.15, 0.2) is 29.2 Å². The summed E-state index contributed by atoms with van der Waals surface area (Å²) in [6.45, 7) is 9.47. The minimum atomic E-state index is 0.441. The molecule has 2 unspecified atom stereocenters. The molecule has 1 rings (SSSR count). The molecule has 0 aliphatic carbocycles. The molecule has 0 aliphatic heterocycles. The second-order valence-electron chi connectivity index (χ2n) is 5.61. The normalized spacial score (nSPS) is 16.3. The highest BCUT2D eigenvalue weighted by molar-refractivity contribution is 7.98. The Morgan fingerprint density at radius 3 is 2.22 bits per heavy atom. The molecule has 2 atom stereocenters. The molecule has 0 saturated carbocycles. The van der Waals surface area contributed by atoms with Crippen LogP contribution in [0.25, 0.3) is 0 Å². The van der Waals surface area contributed by atoms with Gasteiger partial charge in [0.1, 0.15) is 0 Å². The van der Waals surface area contributed by atoms with Gasteiger partial charge in [-0.3, -0.25) is 0 Å². The Hall–Kier alpha value is -0.430. The van der Waals surface area contributed by atoms with Gasteiger partial charge in [-0.1, -0.05) is 59.1 Å². The Labute approximate surface area is 118 Å². The first-order valence-electron chi connectivity index (χ1n) is 7.21. The second kappa shape index (κ2) is 7.23. The van der Waals surface area contributed by atoms with Gasteiger partial charge < -0.3 is 0 Å². The van der Waals surface area contributed by atoms with Gasteiger partial charge in [-0.05, 0) is 41.7 Å². The average Bonchev–Trinajstić information content (AvgIpc) is 2.44. The van der Waals surface area contributed by atoms with Gasteiger partial charge >= 0.3 is 0 Å². The monoisotopic (exact) mass is 264 g/mol. The molecule has 0 saturated heterocycles. The highest BCUT2D eigenvalue weighted by Gasteiger charge is 2.29. The zero-order valence-corrected chi connectivity index (χ0v) is 13.4. The maximum atomic E-state index is 2.45. The summed E-state index contributed by atoms with van der Waals surface area (Å²) in [4.78, 5) is 1.36. The van der Waals surface area contributed by atoms with Crippen molar-refractivity contribution in [2.45, 2.75) is 64.2 Å². The molecular weight excluding hydrogens is 236 g/mol. The number of thioether (sulfide) groups is 1. The van der Waals surface area contributed by atoms with Crippen molar-refractivity contribution in [2.75, 3.05) is 6.26 Å². The van der Waals surface area contributed by atoms with Crippen molar-refractivity contribution in [3.63, 3.8) is 0 Å². The van der Waals surface area contributed by atoms with E-state index in [1.165, 1.54) is 36.1 Å². The smallest absolute Gasteiger partial charge is 0.00693 e. The summed E-state index contributed by atoms with van der Waals surface area (Å²) in [5.74, 6) is 0.643. The van der Waals surface area contributed by atoms with Crippen molar-refractivity contribution < 1.29 is 0 Å². The quantitative estimate of drug-likeness (QED) is 0.535. The van der Waals surface area contributed by atoms with Crippen LogP contribution >= 0.6 is 11.8 Å². The zero-order chi connectivity index (χ0) is 13.6. The predicted octanol–water partition coefficient (Wildman–Crippen LogP) is 6.12. The number of hydrogen-bond donors (Lipinski definition) is 0. The van der Waals surface area contributed by atoms with Crippen LogP contribution in [0.1, 0.15) is 64.9 Å². The molecule has 1 heteroatoms. The van der Waals surface area contributed by atoms with Crippen molar-refractivity contribution in [2.24, 2.45) is 5.41 Å². The molecule has 18 heavy (non-hydrogen) atoms. The first-order chi connectivity index (χ1) is 8.57. The summed E-state index contributed by atoms with van der Waals surface area (Å²) in [6.07, 6.45) is 7.38. The Bertz CT molecular complexity index is 341. The molecule has 102 valence electrons. The molecule has 0 radical (unpaired) electrons. The maximum absolute atomic E-state index is 2.45. The van der Waals surface area contributed by atoms with Gasteiger partial charge in [0, 0.05) is 4.90 Å². The van der Waals surface area contributed by atoms with Gasteiger partial charge in [0.25, 0.3) is 0 Å². The van der Waals surface area contributed by atoms with Crippen LogP contribution < -0.4 is 0 Å². The summed E-state index contributed by atoms with van der Waals surface area (Å²) >= 11 is 1.82. The summed E-state index contributed by atoms with van der Waals surface area (Å²) in [6, 6.07) is 9.14. The molecule has 0 bridgehead atoms. The molecule has 1 aromatic rings. The highest BCUT2D eigenvalue weighted by atomic mass is 32.2. The average molecular weight is 264 g/mol. The van der Waals surface area contributed by atoms with E-state index >= 15 is 0 Å². The lowest BCUT2D eigenvalue weighted by atomic mass is 9.70. The van der Waals surface area contributed by atoms with Crippen LogP contribution in [0.3, 0.4) is 0 Å². The van der Waals surface area contributed by atoms with Crippen LogP contribution in [0, 0.1) is 5.41 Å². The lowest BCUT2D eigenvalue weighted by molar-refractivity contribution is 0.225. The fourth-order valence-corrected chi connectivity index (χ4v) is 2.98. The molecule has 0 aromatic heterocycles. The van der Waals surface area contributed by atoms with E-state index in [0.29, 0.717) is 11.3 Å². The zero-order valence-electron chi connectivity index (χ0n) is 12.6. The second-order valence-corrected chi connectivity index (χ2v) is 6.49. The van der Waals surface area contributed by atoms with Crippen LogP contribution in [0.5, 0.6) is 0 Å².